The highest BCUT2D eigenvalue weighted by Crippen LogP contribution is 2.21. The largest absolute Gasteiger partial charge is 0.368 e. The highest BCUT2D eigenvalue weighted by molar-refractivity contribution is 7.89. The zero-order chi connectivity index (χ0) is 22.8. The molecule has 0 aromatic carbocycles. The predicted octanol–water partition coefficient (Wildman–Crippen LogP) is 1.28. The Morgan fingerprint density at radius 1 is 0.781 bits per heavy atom. The summed E-state index contributed by atoms with van der Waals surface area (Å²) in [4.78, 5) is 26.0. The van der Waals surface area contributed by atoms with Gasteiger partial charge in [0.25, 0.3) is 0 Å². The van der Waals surface area contributed by atoms with E-state index in [0.29, 0.717) is 13.1 Å². The Hall–Kier alpha value is -1.23. The summed E-state index contributed by atoms with van der Waals surface area (Å²) in [7, 11) is -3.48. The van der Waals surface area contributed by atoms with E-state index < -0.39 is 10.0 Å². The molecule has 1 N–H and O–H groups in total. The molecule has 2 aliphatic carbocycles. The van der Waals surface area contributed by atoms with Gasteiger partial charge in [-0.3, -0.25) is 9.59 Å². The molecule has 1 saturated heterocycles. The van der Waals surface area contributed by atoms with E-state index in [-0.39, 0.29) is 62.6 Å². The molecule has 2 saturated carbocycles. The lowest BCUT2D eigenvalue weighted by molar-refractivity contribution is -0.140. The smallest absolute Gasteiger partial charge is 0.248 e. The molecule has 3 aliphatic rings. The molecule has 0 bridgehead atoms. The number of nitrogens with zero attached hydrogens (tertiary/aromatic N) is 2. The fourth-order valence-electron chi connectivity index (χ4n) is 4.65. The maximum Gasteiger partial charge on any atom is 0.248 e. The van der Waals surface area contributed by atoms with Crippen LogP contribution in [0.15, 0.2) is 0 Å². The average molecular weight is 474 g/mol. The van der Waals surface area contributed by atoms with Crippen molar-refractivity contribution in [3.8, 4) is 0 Å². The van der Waals surface area contributed by atoms with Crippen molar-refractivity contribution in [3.63, 3.8) is 0 Å². The Balaban J connectivity index is 1.29. The van der Waals surface area contributed by atoms with Crippen molar-refractivity contribution >= 4 is 21.8 Å². The summed E-state index contributed by atoms with van der Waals surface area (Å²) in [5, 5.41) is 2.64. The summed E-state index contributed by atoms with van der Waals surface area (Å²) in [5.74, 6) is -0.502. The lowest BCUT2D eigenvalue weighted by atomic mass is 9.98. The lowest BCUT2D eigenvalue weighted by Crippen LogP contribution is -2.52. The molecule has 184 valence electrons. The third kappa shape index (κ3) is 8.28. The first-order valence-electron chi connectivity index (χ1n) is 12.2. The van der Waals surface area contributed by atoms with Crippen LogP contribution in [0.3, 0.4) is 0 Å². The van der Waals surface area contributed by atoms with Crippen LogP contribution in [0.2, 0.25) is 0 Å². The van der Waals surface area contributed by atoms with Crippen LogP contribution < -0.4 is 5.32 Å². The maximum absolute atomic E-state index is 12.6. The fraction of sp³-hybridized carbons (Fsp3) is 0.909. The van der Waals surface area contributed by atoms with Crippen molar-refractivity contribution in [1.29, 1.82) is 0 Å². The lowest BCUT2D eigenvalue weighted by Gasteiger charge is -2.34. The topological polar surface area (TPSA) is 105 Å². The molecule has 3 rings (SSSR count). The van der Waals surface area contributed by atoms with Crippen LogP contribution in [-0.4, -0.2) is 93.3 Å². The summed E-state index contributed by atoms with van der Waals surface area (Å²) >= 11 is 0. The number of hydrogen-bond acceptors (Lipinski definition) is 6. The molecule has 1 aliphatic heterocycles. The molecule has 9 nitrogen and oxygen atoms in total. The number of nitrogens with one attached hydrogen (secondary N) is 1. The van der Waals surface area contributed by atoms with Crippen molar-refractivity contribution in [2.45, 2.75) is 76.4 Å². The van der Waals surface area contributed by atoms with E-state index in [1.807, 2.05) is 0 Å². The van der Waals surface area contributed by atoms with Crippen LogP contribution in [0.5, 0.6) is 0 Å². The molecule has 0 atom stereocenters. The Bertz CT molecular complexity index is 696. The quantitative estimate of drug-likeness (QED) is 0.512. The summed E-state index contributed by atoms with van der Waals surface area (Å²) in [5.41, 5.74) is 0. The molecule has 3 fully saturated rings. The first-order chi connectivity index (χ1) is 15.4. The SMILES string of the molecule is O=C(COC1CCCCC1)NCCS(=O)(=O)N1CCN(C(=O)COC2CCCCC2)CC1. The van der Waals surface area contributed by atoms with Crippen molar-refractivity contribution in [2.24, 2.45) is 0 Å². The van der Waals surface area contributed by atoms with Gasteiger partial charge in [0.05, 0.1) is 18.0 Å². The number of amides is 2. The number of rotatable bonds is 10. The van der Waals surface area contributed by atoms with E-state index in [2.05, 4.69) is 5.32 Å². The average Bonchev–Trinajstić information content (AvgIpc) is 2.82. The third-order valence-electron chi connectivity index (χ3n) is 6.66. The molecule has 0 radical (unpaired) electrons. The van der Waals surface area contributed by atoms with E-state index in [4.69, 9.17) is 9.47 Å². The minimum absolute atomic E-state index is 0.0194. The van der Waals surface area contributed by atoms with Crippen LogP contribution in [0.25, 0.3) is 0 Å². The van der Waals surface area contributed by atoms with Crippen LogP contribution >= 0.6 is 0 Å². The summed E-state index contributed by atoms with van der Waals surface area (Å²) in [6.45, 7) is 1.40. The maximum atomic E-state index is 12.6. The van der Waals surface area contributed by atoms with Gasteiger partial charge in [0.2, 0.25) is 21.8 Å². The molecule has 0 unspecified atom stereocenters. The van der Waals surface area contributed by atoms with Gasteiger partial charge in [-0.15, -0.1) is 0 Å². The molecular weight excluding hydrogens is 434 g/mol. The molecule has 0 aromatic rings. The first kappa shape index (κ1) is 25.4. The number of carbonyl (C=O) groups excluding carboxylic acids is 2. The zero-order valence-electron chi connectivity index (χ0n) is 19.1. The van der Waals surface area contributed by atoms with E-state index in [9.17, 15) is 18.0 Å². The van der Waals surface area contributed by atoms with Crippen molar-refractivity contribution in [1.82, 2.24) is 14.5 Å². The minimum atomic E-state index is -3.48. The van der Waals surface area contributed by atoms with Gasteiger partial charge in [-0.25, -0.2) is 8.42 Å². The standard InChI is InChI=1S/C22H39N3O6S/c26-21(17-30-19-7-3-1-4-8-19)23-11-16-32(28,29)25-14-12-24(13-15-25)22(27)18-31-20-9-5-2-6-10-20/h19-20H,1-18H2,(H,23,26). The molecule has 0 spiro atoms. The second-order valence-electron chi connectivity index (χ2n) is 9.09. The van der Waals surface area contributed by atoms with Gasteiger partial charge in [0, 0.05) is 32.7 Å². The Morgan fingerprint density at radius 2 is 1.31 bits per heavy atom. The molecule has 1 heterocycles. The van der Waals surface area contributed by atoms with Crippen molar-refractivity contribution in [2.75, 3.05) is 51.7 Å². The van der Waals surface area contributed by atoms with Crippen molar-refractivity contribution in [3.05, 3.63) is 0 Å². The summed E-state index contributed by atoms with van der Waals surface area (Å²) < 4.78 is 38.0. The Kier molecular flexibility index (Phi) is 10.2. The molecular formula is C22H39N3O6S. The van der Waals surface area contributed by atoms with Crippen LogP contribution in [0.4, 0.5) is 0 Å². The van der Waals surface area contributed by atoms with E-state index >= 15 is 0 Å². The normalized spacial score (nSPS) is 22.1. The molecule has 2 amide bonds. The molecule has 10 heteroatoms. The van der Waals surface area contributed by atoms with Gasteiger partial charge in [-0.1, -0.05) is 38.5 Å². The van der Waals surface area contributed by atoms with E-state index in [0.717, 1.165) is 51.4 Å². The molecule has 32 heavy (non-hydrogen) atoms. The van der Waals surface area contributed by atoms with Gasteiger partial charge >= 0.3 is 0 Å². The first-order valence-corrected chi connectivity index (χ1v) is 13.8. The van der Waals surface area contributed by atoms with Gasteiger partial charge in [0.15, 0.2) is 0 Å². The highest BCUT2D eigenvalue weighted by Gasteiger charge is 2.29. The van der Waals surface area contributed by atoms with Gasteiger partial charge in [-0.05, 0) is 25.7 Å². The Labute approximate surface area is 192 Å². The zero-order valence-corrected chi connectivity index (χ0v) is 20.0. The second-order valence-corrected chi connectivity index (χ2v) is 11.2. The minimum Gasteiger partial charge on any atom is -0.368 e. The van der Waals surface area contributed by atoms with Crippen molar-refractivity contribution < 1.29 is 27.5 Å². The van der Waals surface area contributed by atoms with Crippen LogP contribution in [0.1, 0.15) is 64.2 Å². The van der Waals surface area contributed by atoms with E-state index in [1.54, 1.807) is 4.90 Å². The van der Waals surface area contributed by atoms with Gasteiger partial charge in [0.1, 0.15) is 13.2 Å². The number of carbonyl (C=O) groups is 2. The van der Waals surface area contributed by atoms with Gasteiger partial charge < -0.3 is 19.7 Å². The van der Waals surface area contributed by atoms with E-state index in [1.165, 1.54) is 17.1 Å². The fourth-order valence-corrected chi connectivity index (χ4v) is 5.99. The van der Waals surface area contributed by atoms with Gasteiger partial charge in [-0.2, -0.15) is 4.31 Å². The summed E-state index contributed by atoms with van der Waals surface area (Å²) in [6, 6.07) is 0. The monoisotopic (exact) mass is 473 g/mol. The highest BCUT2D eigenvalue weighted by atomic mass is 32.2. The molecule has 0 aromatic heterocycles. The van der Waals surface area contributed by atoms with Crippen LogP contribution in [-0.2, 0) is 29.1 Å². The number of sulfonamides is 1. The van der Waals surface area contributed by atoms with Crippen LogP contribution in [0, 0.1) is 0 Å². The Morgan fingerprint density at radius 3 is 1.88 bits per heavy atom. The summed E-state index contributed by atoms with van der Waals surface area (Å²) in [6.07, 6.45) is 11.4. The number of hydrogen-bond donors (Lipinski definition) is 1. The number of piperazine rings is 1. The second kappa shape index (κ2) is 12.9. The predicted molar refractivity (Wildman–Crippen MR) is 121 cm³/mol. The number of ether oxygens (including phenoxy) is 2. The third-order valence-corrected chi connectivity index (χ3v) is 8.54.